The van der Waals surface area contributed by atoms with E-state index >= 15 is 0 Å². The summed E-state index contributed by atoms with van der Waals surface area (Å²) in [4.78, 5) is 23.6. The SMILES string of the molecule is CCOCC(C)NC(=O)[C@H]1C2C=CC(C2)[C@H]1C(=O)O. The monoisotopic (exact) mass is 267 g/mol. The third-order valence-electron chi connectivity index (χ3n) is 4.01. The van der Waals surface area contributed by atoms with E-state index in [2.05, 4.69) is 5.32 Å². The van der Waals surface area contributed by atoms with Crippen LogP contribution in [-0.4, -0.2) is 36.2 Å². The molecule has 1 saturated carbocycles. The molecule has 0 aliphatic heterocycles. The first-order valence-electron chi connectivity index (χ1n) is 6.83. The molecule has 2 aliphatic carbocycles. The van der Waals surface area contributed by atoms with E-state index in [-0.39, 0.29) is 23.8 Å². The van der Waals surface area contributed by atoms with E-state index in [9.17, 15) is 14.7 Å². The van der Waals surface area contributed by atoms with Crippen molar-refractivity contribution in [2.45, 2.75) is 26.3 Å². The van der Waals surface area contributed by atoms with Gasteiger partial charge in [0.05, 0.1) is 18.4 Å². The smallest absolute Gasteiger partial charge is 0.307 e. The van der Waals surface area contributed by atoms with Gasteiger partial charge < -0.3 is 15.2 Å². The number of aliphatic carboxylic acids is 1. The van der Waals surface area contributed by atoms with E-state index in [4.69, 9.17) is 4.74 Å². The van der Waals surface area contributed by atoms with Crippen LogP contribution in [0.15, 0.2) is 12.2 Å². The average Bonchev–Trinajstić information content (AvgIpc) is 2.95. The van der Waals surface area contributed by atoms with E-state index in [0.29, 0.717) is 13.2 Å². The number of allylic oxidation sites excluding steroid dienone is 2. The molecule has 0 radical (unpaired) electrons. The molecule has 0 heterocycles. The first-order valence-corrected chi connectivity index (χ1v) is 6.83. The lowest BCUT2D eigenvalue weighted by Crippen LogP contribution is -2.44. The van der Waals surface area contributed by atoms with Gasteiger partial charge >= 0.3 is 5.97 Å². The normalized spacial score (nSPS) is 33.4. The number of ether oxygens (including phenoxy) is 1. The Morgan fingerprint density at radius 2 is 2.00 bits per heavy atom. The summed E-state index contributed by atoms with van der Waals surface area (Å²) in [5.74, 6) is -1.94. The van der Waals surface area contributed by atoms with Crippen LogP contribution in [0.5, 0.6) is 0 Å². The van der Waals surface area contributed by atoms with Crippen LogP contribution in [0, 0.1) is 23.7 Å². The predicted molar refractivity (Wildman–Crippen MR) is 69.5 cm³/mol. The number of carboxylic acids is 1. The molecule has 5 heteroatoms. The standard InChI is InChI=1S/C14H21NO4/c1-3-19-7-8(2)15-13(16)11-9-4-5-10(6-9)12(11)14(17)18/h4-5,8-12H,3,6-7H2,1-2H3,(H,15,16)(H,17,18)/t8?,9?,10?,11-,12+/m0/s1. The molecule has 1 fully saturated rings. The van der Waals surface area contributed by atoms with Crippen molar-refractivity contribution in [3.05, 3.63) is 12.2 Å². The quantitative estimate of drug-likeness (QED) is 0.705. The molecule has 3 unspecified atom stereocenters. The Morgan fingerprint density at radius 3 is 2.58 bits per heavy atom. The third kappa shape index (κ3) is 2.81. The number of amides is 1. The second-order valence-corrected chi connectivity index (χ2v) is 5.41. The molecular formula is C14H21NO4. The van der Waals surface area contributed by atoms with Gasteiger partial charge in [0.1, 0.15) is 0 Å². The van der Waals surface area contributed by atoms with Gasteiger partial charge in [0.15, 0.2) is 0 Å². The highest BCUT2D eigenvalue weighted by Gasteiger charge is 2.51. The van der Waals surface area contributed by atoms with Crippen LogP contribution in [0.4, 0.5) is 0 Å². The van der Waals surface area contributed by atoms with E-state index < -0.39 is 17.8 Å². The Morgan fingerprint density at radius 1 is 1.37 bits per heavy atom. The molecular weight excluding hydrogens is 246 g/mol. The molecule has 19 heavy (non-hydrogen) atoms. The maximum atomic E-state index is 12.3. The summed E-state index contributed by atoms with van der Waals surface area (Å²) in [6.07, 6.45) is 4.72. The van der Waals surface area contributed by atoms with E-state index in [0.717, 1.165) is 6.42 Å². The van der Waals surface area contributed by atoms with Crippen molar-refractivity contribution < 1.29 is 19.4 Å². The highest BCUT2D eigenvalue weighted by Crippen LogP contribution is 2.48. The summed E-state index contributed by atoms with van der Waals surface area (Å²) < 4.78 is 5.25. The van der Waals surface area contributed by atoms with Gasteiger partial charge in [-0.1, -0.05) is 12.2 Å². The minimum absolute atomic E-state index is 0.0143. The van der Waals surface area contributed by atoms with Crippen molar-refractivity contribution in [3.63, 3.8) is 0 Å². The highest BCUT2D eigenvalue weighted by atomic mass is 16.5. The molecule has 0 aromatic heterocycles. The first kappa shape index (κ1) is 14.1. The molecule has 0 aromatic rings. The molecule has 5 atom stereocenters. The van der Waals surface area contributed by atoms with Gasteiger partial charge in [-0.25, -0.2) is 0 Å². The zero-order chi connectivity index (χ0) is 14.0. The second kappa shape index (κ2) is 5.74. The lowest BCUT2D eigenvalue weighted by Gasteiger charge is -2.25. The zero-order valence-electron chi connectivity index (χ0n) is 11.3. The maximum Gasteiger partial charge on any atom is 0.307 e. The number of nitrogens with one attached hydrogen (secondary N) is 1. The van der Waals surface area contributed by atoms with Crippen molar-refractivity contribution >= 4 is 11.9 Å². The number of carboxylic acid groups (broad SMARTS) is 1. The summed E-state index contributed by atoms with van der Waals surface area (Å²) >= 11 is 0. The molecule has 2 aliphatic rings. The molecule has 1 amide bonds. The van der Waals surface area contributed by atoms with Crippen LogP contribution in [0.3, 0.4) is 0 Å². The van der Waals surface area contributed by atoms with E-state index in [1.54, 1.807) is 0 Å². The fraction of sp³-hybridized carbons (Fsp3) is 0.714. The van der Waals surface area contributed by atoms with Gasteiger partial charge in [0.25, 0.3) is 0 Å². The van der Waals surface area contributed by atoms with Crippen LogP contribution in [-0.2, 0) is 14.3 Å². The van der Waals surface area contributed by atoms with Crippen LogP contribution in [0.25, 0.3) is 0 Å². The number of rotatable bonds is 6. The predicted octanol–water partition coefficient (Wildman–Crippen LogP) is 1.05. The summed E-state index contributed by atoms with van der Waals surface area (Å²) in [5.41, 5.74) is 0. The second-order valence-electron chi connectivity index (χ2n) is 5.41. The zero-order valence-corrected chi connectivity index (χ0v) is 11.3. The fourth-order valence-corrected chi connectivity index (χ4v) is 3.19. The van der Waals surface area contributed by atoms with Crippen molar-refractivity contribution in [2.75, 3.05) is 13.2 Å². The minimum atomic E-state index is -0.866. The molecule has 0 aromatic carbocycles. The average molecular weight is 267 g/mol. The molecule has 106 valence electrons. The van der Waals surface area contributed by atoms with Gasteiger partial charge in [-0.15, -0.1) is 0 Å². The van der Waals surface area contributed by atoms with E-state index in [1.165, 1.54) is 0 Å². The van der Waals surface area contributed by atoms with Crippen molar-refractivity contribution in [1.29, 1.82) is 0 Å². The van der Waals surface area contributed by atoms with Crippen molar-refractivity contribution in [3.8, 4) is 0 Å². The van der Waals surface area contributed by atoms with Gasteiger partial charge in [0.2, 0.25) is 5.91 Å². The molecule has 2 N–H and O–H groups in total. The summed E-state index contributed by atoms with van der Waals surface area (Å²) in [7, 11) is 0. The topological polar surface area (TPSA) is 75.6 Å². The molecule has 0 spiro atoms. The Labute approximate surface area is 113 Å². The van der Waals surface area contributed by atoms with Gasteiger partial charge in [-0.3, -0.25) is 9.59 Å². The maximum absolute atomic E-state index is 12.3. The van der Waals surface area contributed by atoms with Crippen LogP contribution in [0.2, 0.25) is 0 Å². The van der Waals surface area contributed by atoms with Gasteiger partial charge in [-0.05, 0) is 32.1 Å². The molecule has 2 bridgehead atoms. The van der Waals surface area contributed by atoms with E-state index in [1.807, 2.05) is 26.0 Å². The fourth-order valence-electron chi connectivity index (χ4n) is 3.19. The summed E-state index contributed by atoms with van der Waals surface area (Å²) in [6, 6.07) is -0.0926. The molecule has 2 rings (SSSR count). The first-order chi connectivity index (χ1) is 9.04. The number of fused-ring (bicyclic) bond motifs is 2. The van der Waals surface area contributed by atoms with Crippen molar-refractivity contribution in [2.24, 2.45) is 23.7 Å². The number of hydrogen-bond acceptors (Lipinski definition) is 3. The van der Waals surface area contributed by atoms with Crippen LogP contribution >= 0.6 is 0 Å². The Kier molecular flexibility index (Phi) is 4.24. The Balaban J connectivity index is 1.98. The van der Waals surface area contributed by atoms with Crippen molar-refractivity contribution in [1.82, 2.24) is 5.32 Å². The van der Waals surface area contributed by atoms with Crippen LogP contribution in [0.1, 0.15) is 20.3 Å². The summed E-state index contributed by atoms with van der Waals surface area (Å²) in [5, 5.41) is 12.2. The minimum Gasteiger partial charge on any atom is -0.481 e. The Bertz CT molecular complexity index is 393. The van der Waals surface area contributed by atoms with Gasteiger partial charge in [0, 0.05) is 12.6 Å². The molecule has 5 nitrogen and oxygen atoms in total. The lowest BCUT2D eigenvalue weighted by atomic mass is 9.82. The number of carbonyl (C=O) groups is 2. The van der Waals surface area contributed by atoms with Gasteiger partial charge in [-0.2, -0.15) is 0 Å². The Hall–Kier alpha value is -1.36. The van der Waals surface area contributed by atoms with Crippen LogP contribution < -0.4 is 5.32 Å². The largest absolute Gasteiger partial charge is 0.481 e. The number of hydrogen-bond donors (Lipinski definition) is 2. The lowest BCUT2D eigenvalue weighted by molar-refractivity contribution is -0.148. The molecule has 0 saturated heterocycles. The highest BCUT2D eigenvalue weighted by molar-refractivity contribution is 5.87. The third-order valence-corrected chi connectivity index (χ3v) is 4.01. The number of carbonyl (C=O) groups excluding carboxylic acids is 1. The summed E-state index contributed by atoms with van der Waals surface area (Å²) in [6.45, 7) is 4.83.